The van der Waals surface area contributed by atoms with Crippen LogP contribution in [0.3, 0.4) is 0 Å². The van der Waals surface area contributed by atoms with Crippen molar-refractivity contribution in [2.75, 3.05) is 13.2 Å². The molecule has 6 heteroatoms. The van der Waals surface area contributed by atoms with Crippen LogP contribution in [0.2, 0.25) is 0 Å². The lowest BCUT2D eigenvalue weighted by molar-refractivity contribution is -0.167. The van der Waals surface area contributed by atoms with Crippen molar-refractivity contribution in [1.82, 2.24) is 0 Å². The number of carbonyl (C=O) groups excluding carboxylic acids is 3. The smallest absolute Gasteiger partial charge is 0.306 e. The standard InChI is InChI=1S/C65H108O6/c1-4-7-10-13-16-19-22-25-28-30-31-32-33-35-38-41-44-47-50-53-56-59-65(68)71-62(60-69-63(66)57-54-51-48-45-42-39-36-27-24-21-18-15-12-9-6-3)61-70-64(67)58-55-52-49-46-43-40-37-34-29-26-23-20-17-14-11-8-5-2/h8-9,11-12,17-18,20-21,26-27,29,36-37,40,42,45-46,49,62H,4-7,10,13-16,19,22-25,28,30-35,38-39,41,43-44,47-48,50-61H2,1-3H3/b11-8-,12-9-,20-17-,21-18-,29-26-,36-27-,40-37-,45-42-,49-46-/t62-/m0/s1. The summed E-state index contributed by atoms with van der Waals surface area (Å²) >= 11 is 0. The maximum atomic E-state index is 12.9. The van der Waals surface area contributed by atoms with Gasteiger partial charge >= 0.3 is 17.9 Å². The summed E-state index contributed by atoms with van der Waals surface area (Å²) in [5, 5.41) is 0. The minimum atomic E-state index is -0.819. The molecule has 0 saturated carbocycles. The third kappa shape index (κ3) is 56.9. The first-order valence-corrected chi connectivity index (χ1v) is 29.4. The fourth-order valence-electron chi connectivity index (χ4n) is 7.94. The van der Waals surface area contributed by atoms with Crippen molar-refractivity contribution in [3.8, 4) is 0 Å². The van der Waals surface area contributed by atoms with Crippen LogP contribution < -0.4 is 0 Å². The van der Waals surface area contributed by atoms with Crippen molar-refractivity contribution in [2.24, 2.45) is 0 Å². The van der Waals surface area contributed by atoms with Gasteiger partial charge in [0.25, 0.3) is 0 Å². The zero-order valence-corrected chi connectivity index (χ0v) is 46.2. The Hall–Kier alpha value is -3.93. The van der Waals surface area contributed by atoms with Crippen LogP contribution >= 0.6 is 0 Å². The van der Waals surface area contributed by atoms with Gasteiger partial charge in [-0.15, -0.1) is 0 Å². The number of ether oxygens (including phenoxy) is 3. The van der Waals surface area contributed by atoms with Gasteiger partial charge in [0.15, 0.2) is 6.10 Å². The first-order chi connectivity index (χ1) is 35.0. The summed E-state index contributed by atoms with van der Waals surface area (Å²) in [4.78, 5) is 38.2. The summed E-state index contributed by atoms with van der Waals surface area (Å²) < 4.78 is 16.8. The second-order valence-electron chi connectivity index (χ2n) is 19.1. The van der Waals surface area contributed by atoms with E-state index in [1.807, 2.05) is 0 Å². The molecule has 0 saturated heterocycles. The molecule has 0 spiro atoms. The fourth-order valence-corrected chi connectivity index (χ4v) is 7.94. The van der Waals surface area contributed by atoms with Crippen LogP contribution in [0.5, 0.6) is 0 Å². The van der Waals surface area contributed by atoms with Gasteiger partial charge in [0, 0.05) is 19.3 Å². The van der Waals surface area contributed by atoms with Crippen LogP contribution in [0, 0.1) is 0 Å². The van der Waals surface area contributed by atoms with E-state index in [4.69, 9.17) is 14.2 Å². The molecule has 0 rings (SSSR count). The second-order valence-corrected chi connectivity index (χ2v) is 19.1. The Morgan fingerprint density at radius 2 is 0.563 bits per heavy atom. The molecule has 0 aliphatic heterocycles. The van der Waals surface area contributed by atoms with Gasteiger partial charge in [0.1, 0.15) is 13.2 Å². The number of hydrogen-bond acceptors (Lipinski definition) is 6. The second kappa shape index (κ2) is 58.6. The zero-order chi connectivity index (χ0) is 51.4. The molecule has 0 aromatic heterocycles. The average Bonchev–Trinajstić information content (AvgIpc) is 3.37. The van der Waals surface area contributed by atoms with Crippen LogP contribution in [0.1, 0.15) is 265 Å². The predicted octanol–water partition coefficient (Wildman–Crippen LogP) is 19.9. The molecule has 1 atom stereocenters. The van der Waals surface area contributed by atoms with Crippen LogP contribution in [-0.2, 0) is 28.6 Å². The quantitative estimate of drug-likeness (QED) is 0.0261. The van der Waals surface area contributed by atoms with E-state index >= 15 is 0 Å². The average molecular weight is 986 g/mol. The number of hydrogen-bond donors (Lipinski definition) is 0. The van der Waals surface area contributed by atoms with Crippen LogP contribution in [-0.4, -0.2) is 37.2 Å². The van der Waals surface area contributed by atoms with Gasteiger partial charge in [-0.2, -0.15) is 0 Å². The molecule has 0 fully saturated rings. The van der Waals surface area contributed by atoms with Gasteiger partial charge in [0.05, 0.1) is 0 Å². The molecule has 0 bridgehead atoms. The van der Waals surface area contributed by atoms with Crippen molar-refractivity contribution < 1.29 is 28.6 Å². The van der Waals surface area contributed by atoms with Crippen LogP contribution in [0.4, 0.5) is 0 Å². The molecule has 0 aromatic rings. The van der Waals surface area contributed by atoms with Crippen molar-refractivity contribution in [3.63, 3.8) is 0 Å². The van der Waals surface area contributed by atoms with E-state index in [0.717, 1.165) is 96.3 Å². The largest absolute Gasteiger partial charge is 0.462 e. The highest BCUT2D eigenvalue weighted by Gasteiger charge is 2.19. The summed E-state index contributed by atoms with van der Waals surface area (Å²) in [6, 6.07) is 0. The van der Waals surface area contributed by atoms with Crippen LogP contribution in [0.15, 0.2) is 109 Å². The molecule has 0 aromatic carbocycles. The predicted molar refractivity (Wildman–Crippen MR) is 307 cm³/mol. The Balaban J connectivity index is 4.48. The molecule has 0 unspecified atom stereocenters. The van der Waals surface area contributed by atoms with E-state index in [1.165, 1.54) is 116 Å². The van der Waals surface area contributed by atoms with Crippen molar-refractivity contribution in [1.29, 1.82) is 0 Å². The monoisotopic (exact) mass is 985 g/mol. The van der Waals surface area contributed by atoms with E-state index in [-0.39, 0.29) is 37.5 Å². The molecular weight excluding hydrogens is 877 g/mol. The molecule has 6 nitrogen and oxygen atoms in total. The van der Waals surface area contributed by atoms with E-state index < -0.39 is 6.10 Å². The van der Waals surface area contributed by atoms with Crippen molar-refractivity contribution in [3.05, 3.63) is 109 Å². The Morgan fingerprint density at radius 3 is 0.915 bits per heavy atom. The highest BCUT2D eigenvalue weighted by molar-refractivity contribution is 5.71. The van der Waals surface area contributed by atoms with E-state index in [9.17, 15) is 14.4 Å². The summed E-state index contributed by atoms with van der Waals surface area (Å²) in [5.41, 5.74) is 0. The minimum absolute atomic E-state index is 0.117. The first kappa shape index (κ1) is 67.1. The zero-order valence-electron chi connectivity index (χ0n) is 46.2. The van der Waals surface area contributed by atoms with Crippen molar-refractivity contribution >= 4 is 17.9 Å². The molecule has 0 radical (unpaired) electrons. The number of carbonyl (C=O) groups is 3. The Bertz CT molecular complexity index is 1460. The molecule has 0 N–H and O–H groups in total. The highest BCUT2D eigenvalue weighted by atomic mass is 16.6. The van der Waals surface area contributed by atoms with Gasteiger partial charge in [-0.25, -0.2) is 0 Å². The van der Waals surface area contributed by atoms with Gasteiger partial charge < -0.3 is 14.2 Å². The summed E-state index contributed by atoms with van der Waals surface area (Å²) in [5.74, 6) is -1.01. The Morgan fingerprint density at radius 1 is 0.296 bits per heavy atom. The maximum Gasteiger partial charge on any atom is 0.306 e. The maximum absolute atomic E-state index is 12.9. The van der Waals surface area contributed by atoms with Gasteiger partial charge in [0.2, 0.25) is 0 Å². The molecule has 0 amide bonds. The number of esters is 3. The molecule has 404 valence electrons. The number of allylic oxidation sites excluding steroid dienone is 18. The number of rotatable bonds is 52. The van der Waals surface area contributed by atoms with Gasteiger partial charge in [-0.05, 0) is 96.3 Å². The van der Waals surface area contributed by atoms with E-state index in [1.54, 1.807) is 0 Å². The van der Waals surface area contributed by atoms with Gasteiger partial charge in [-0.1, -0.05) is 259 Å². The van der Waals surface area contributed by atoms with Gasteiger partial charge in [-0.3, -0.25) is 14.4 Å². The summed E-state index contributed by atoms with van der Waals surface area (Å²) in [6.07, 6.45) is 79.5. The molecule has 71 heavy (non-hydrogen) atoms. The number of unbranched alkanes of at least 4 members (excludes halogenated alkanes) is 23. The highest BCUT2D eigenvalue weighted by Crippen LogP contribution is 2.16. The van der Waals surface area contributed by atoms with E-state index in [2.05, 4.69) is 130 Å². The SMILES string of the molecule is CC/C=C\C/C=C\C/C=C\C/C=C\C/C=C\CCCC(=O)OC[C@H](COC(=O)CCCC/C=C\C/C=C\C/C=C\C/C=C\CC)OC(=O)CCCCCCCCCCCCCCCCCCCCCCC. The third-order valence-corrected chi connectivity index (χ3v) is 12.3. The Kier molecular flexibility index (Phi) is 55.4. The lowest BCUT2D eigenvalue weighted by atomic mass is 10.0. The lowest BCUT2D eigenvalue weighted by Gasteiger charge is -2.18. The summed E-state index contributed by atoms with van der Waals surface area (Å²) in [7, 11) is 0. The Labute approximate surface area is 438 Å². The van der Waals surface area contributed by atoms with E-state index in [0.29, 0.717) is 25.7 Å². The minimum Gasteiger partial charge on any atom is -0.462 e. The fraction of sp³-hybridized carbons (Fsp3) is 0.677. The third-order valence-electron chi connectivity index (χ3n) is 12.3. The van der Waals surface area contributed by atoms with Crippen molar-refractivity contribution in [2.45, 2.75) is 271 Å². The molecular formula is C65H108O6. The summed E-state index contributed by atoms with van der Waals surface area (Å²) in [6.45, 7) is 6.34. The van der Waals surface area contributed by atoms with Crippen LogP contribution in [0.25, 0.3) is 0 Å². The topological polar surface area (TPSA) is 78.9 Å². The normalized spacial score (nSPS) is 12.9. The molecule has 0 aliphatic carbocycles. The molecule has 0 aliphatic rings. The first-order valence-electron chi connectivity index (χ1n) is 29.4. The molecule has 0 heterocycles. The lowest BCUT2D eigenvalue weighted by Crippen LogP contribution is -2.30.